The van der Waals surface area contributed by atoms with Crippen molar-refractivity contribution in [2.45, 2.75) is 25.8 Å². The van der Waals surface area contributed by atoms with E-state index in [0.29, 0.717) is 36.4 Å². The number of rotatable bonds is 9. The zero-order chi connectivity index (χ0) is 23.3. The van der Waals surface area contributed by atoms with Gasteiger partial charge in [0, 0.05) is 12.1 Å². The average molecular weight is 441 g/mol. The number of hydrogen-bond donors (Lipinski definition) is 1. The normalized spacial score (nSPS) is 17.9. The maximum atomic E-state index is 13.6. The number of benzene rings is 2. The summed E-state index contributed by atoms with van der Waals surface area (Å²) in [5.41, 5.74) is 0.950. The molecule has 170 valence electrons. The lowest BCUT2D eigenvalue weighted by atomic mass is 9.95. The smallest absolute Gasteiger partial charge is 0.295 e. The van der Waals surface area contributed by atoms with Crippen molar-refractivity contribution in [3.8, 4) is 5.75 Å². The standard InChI is InChI=1S/C25H29FN2O4/c1-4-15-32-20-8-5-7-18(16-20)23(29)21-22(17-9-11-19(26)12-10-17)28(25(31)24(21)30)14-6-13-27(2)3/h5,7-12,16,22,29H,4,6,13-15H2,1-3H3. The lowest BCUT2D eigenvalue weighted by Gasteiger charge is -2.26. The second-order valence-electron chi connectivity index (χ2n) is 8.08. The van der Waals surface area contributed by atoms with Crippen molar-refractivity contribution in [2.75, 3.05) is 33.8 Å². The van der Waals surface area contributed by atoms with Crippen LogP contribution < -0.4 is 4.74 Å². The fraction of sp³-hybridized carbons (Fsp3) is 0.360. The number of likely N-dealkylation sites (tertiary alicyclic amines) is 1. The van der Waals surface area contributed by atoms with Crippen molar-refractivity contribution in [3.63, 3.8) is 0 Å². The van der Waals surface area contributed by atoms with E-state index in [-0.39, 0.29) is 11.3 Å². The van der Waals surface area contributed by atoms with Crippen LogP contribution in [0.2, 0.25) is 0 Å². The predicted octanol–water partition coefficient (Wildman–Crippen LogP) is 3.99. The van der Waals surface area contributed by atoms with Crippen LogP contribution in [0.25, 0.3) is 5.76 Å². The van der Waals surface area contributed by atoms with Crippen molar-refractivity contribution >= 4 is 17.4 Å². The molecule has 1 heterocycles. The van der Waals surface area contributed by atoms with Crippen LogP contribution in [-0.4, -0.2) is 60.4 Å². The monoisotopic (exact) mass is 440 g/mol. The molecule has 0 aliphatic carbocycles. The molecule has 1 N–H and O–H groups in total. The van der Waals surface area contributed by atoms with Crippen LogP contribution in [-0.2, 0) is 9.59 Å². The molecule has 6 nitrogen and oxygen atoms in total. The molecule has 1 amide bonds. The Bertz CT molecular complexity index is 1000. The number of ether oxygens (including phenoxy) is 1. The minimum atomic E-state index is -0.794. The van der Waals surface area contributed by atoms with Crippen molar-refractivity contribution in [1.82, 2.24) is 9.80 Å². The molecule has 0 saturated carbocycles. The van der Waals surface area contributed by atoms with Gasteiger partial charge in [0.25, 0.3) is 11.7 Å². The predicted molar refractivity (Wildman–Crippen MR) is 121 cm³/mol. The molecule has 1 unspecified atom stereocenters. The molecule has 0 bridgehead atoms. The van der Waals surface area contributed by atoms with Gasteiger partial charge in [-0.2, -0.15) is 0 Å². The molecular weight excluding hydrogens is 411 g/mol. The highest BCUT2D eigenvalue weighted by molar-refractivity contribution is 6.46. The third-order valence-corrected chi connectivity index (χ3v) is 5.31. The molecule has 1 aliphatic rings. The van der Waals surface area contributed by atoms with E-state index in [0.717, 1.165) is 13.0 Å². The zero-order valence-corrected chi connectivity index (χ0v) is 18.7. The van der Waals surface area contributed by atoms with E-state index >= 15 is 0 Å². The topological polar surface area (TPSA) is 70.1 Å². The van der Waals surface area contributed by atoms with Crippen LogP contribution in [0, 0.1) is 5.82 Å². The third kappa shape index (κ3) is 5.16. The van der Waals surface area contributed by atoms with E-state index in [1.54, 1.807) is 36.4 Å². The van der Waals surface area contributed by atoms with Gasteiger partial charge < -0.3 is 19.6 Å². The highest BCUT2D eigenvalue weighted by atomic mass is 19.1. The largest absolute Gasteiger partial charge is 0.507 e. The highest BCUT2D eigenvalue weighted by Crippen LogP contribution is 2.39. The quantitative estimate of drug-likeness (QED) is 0.363. The van der Waals surface area contributed by atoms with Gasteiger partial charge in [-0.1, -0.05) is 31.2 Å². The van der Waals surface area contributed by atoms with Crippen LogP contribution in [0.4, 0.5) is 4.39 Å². The van der Waals surface area contributed by atoms with Crippen LogP contribution in [0.1, 0.15) is 36.9 Å². The molecule has 7 heteroatoms. The van der Waals surface area contributed by atoms with Gasteiger partial charge in [-0.3, -0.25) is 9.59 Å². The van der Waals surface area contributed by atoms with Gasteiger partial charge in [0.2, 0.25) is 0 Å². The number of aliphatic hydroxyl groups excluding tert-OH is 1. The molecule has 1 saturated heterocycles. The third-order valence-electron chi connectivity index (χ3n) is 5.31. The second-order valence-corrected chi connectivity index (χ2v) is 8.08. The Hall–Kier alpha value is -3.19. The first-order chi connectivity index (χ1) is 15.3. The van der Waals surface area contributed by atoms with Gasteiger partial charge in [-0.15, -0.1) is 0 Å². The number of nitrogens with zero attached hydrogens (tertiary/aromatic N) is 2. The summed E-state index contributed by atoms with van der Waals surface area (Å²) in [6, 6.07) is 11.7. The molecule has 2 aromatic rings. The zero-order valence-electron chi connectivity index (χ0n) is 18.7. The number of carbonyl (C=O) groups is 2. The summed E-state index contributed by atoms with van der Waals surface area (Å²) >= 11 is 0. The van der Waals surface area contributed by atoms with Gasteiger partial charge in [0.15, 0.2) is 0 Å². The van der Waals surface area contributed by atoms with E-state index in [1.807, 2.05) is 25.9 Å². The average Bonchev–Trinajstić information content (AvgIpc) is 3.02. The number of ketones is 1. The molecule has 3 rings (SSSR count). The Morgan fingerprint density at radius 3 is 2.53 bits per heavy atom. The van der Waals surface area contributed by atoms with Crippen LogP contribution in [0.5, 0.6) is 5.75 Å². The molecule has 1 fully saturated rings. The van der Waals surface area contributed by atoms with Gasteiger partial charge >= 0.3 is 0 Å². The highest BCUT2D eigenvalue weighted by Gasteiger charge is 2.45. The minimum Gasteiger partial charge on any atom is -0.507 e. The number of Topliss-reactive ketones (excluding diaryl/α,β-unsaturated/α-hetero) is 1. The Morgan fingerprint density at radius 2 is 1.88 bits per heavy atom. The van der Waals surface area contributed by atoms with E-state index in [9.17, 15) is 19.1 Å². The van der Waals surface area contributed by atoms with Crippen LogP contribution in [0.15, 0.2) is 54.1 Å². The first-order valence-corrected chi connectivity index (χ1v) is 10.7. The molecule has 0 spiro atoms. The molecule has 0 radical (unpaired) electrons. The summed E-state index contributed by atoms with van der Waals surface area (Å²) in [6.45, 7) is 3.58. The maximum Gasteiger partial charge on any atom is 0.295 e. The summed E-state index contributed by atoms with van der Waals surface area (Å²) in [7, 11) is 3.86. The number of amides is 1. The van der Waals surface area contributed by atoms with E-state index < -0.39 is 23.5 Å². The van der Waals surface area contributed by atoms with E-state index in [1.165, 1.54) is 17.0 Å². The molecule has 32 heavy (non-hydrogen) atoms. The van der Waals surface area contributed by atoms with Crippen LogP contribution >= 0.6 is 0 Å². The van der Waals surface area contributed by atoms with Gasteiger partial charge in [0.1, 0.15) is 17.3 Å². The van der Waals surface area contributed by atoms with Gasteiger partial charge in [-0.05, 0) is 63.3 Å². The Morgan fingerprint density at radius 1 is 1.16 bits per heavy atom. The first kappa shape index (κ1) is 23.5. The fourth-order valence-corrected chi connectivity index (χ4v) is 3.77. The second kappa shape index (κ2) is 10.4. The summed E-state index contributed by atoms with van der Waals surface area (Å²) in [4.78, 5) is 29.4. The minimum absolute atomic E-state index is 0.000831. The Kier molecular flexibility index (Phi) is 7.64. The summed E-state index contributed by atoms with van der Waals surface area (Å²) in [6.07, 6.45) is 1.48. The SMILES string of the molecule is CCCOc1cccc(C(O)=C2C(=O)C(=O)N(CCCN(C)C)C2c2ccc(F)cc2)c1. The van der Waals surface area contributed by atoms with Gasteiger partial charge in [-0.25, -0.2) is 4.39 Å². The number of aliphatic hydroxyl groups is 1. The van der Waals surface area contributed by atoms with Gasteiger partial charge in [0.05, 0.1) is 18.2 Å². The van der Waals surface area contributed by atoms with Crippen molar-refractivity contribution in [3.05, 3.63) is 71.0 Å². The lowest BCUT2D eigenvalue weighted by molar-refractivity contribution is -0.139. The van der Waals surface area contributed by atoms with Crippen molar-refractivity contribution in [2.24, 2.45) is 0 Å². The summed E-state index contributed by atoms with van der Waals surface area (Å²) in [5.74, 6) is -1.54. The first-order valence-electron chi connectivity index (χ1n) is 10.7. The van der Waals surface area contributed by atoms with Crippen molar-refractivity contribution < 1.29 is 23.8 Å². The number of carbonyl (C=O) groups excluding carboxylic acids is 2. The van der Waals surface area contributed by atoms with E-state index in [4.69, 9.17) is 4.74 Å². The number of hydrogen-bond acceptors (Lipinski definition) is 5. The van der Waals surface area contributed by atoms with E-state index in [2.05, 4.69) is 0 Å². The summed E-state index contributed by atoms with van der Waals surface area (Å²) < 4.78 is 19.2. The summed E-state index contributed by atoms with van der Waals surface area (Å²) in [5, 5.41) is 11.1. The van der Waals surface area contributed by atoms with Crippen LogP contribution in [0.3, 0.4) is 0 Å². The molecule has 0 aromatic heterocycles. The lowest BCUT2D eigenvalue weighted by Crippen LogP contribution is -2.32. The fourth-order valence-electron chi connectivity index (χ4n) is 3.77. The molecule has 1 aliphatic heterocycles. The Balaban J connectivity index is 2.05. The molecular formula is C25H29FN2O4. The number of halogens is 1. The molecule has 1 atom stereocenters. The Labute approximate surface area is 187 Å². The maximum absolute atomic E-state index is 13.6. The molecule has 2 aromatic carbocycles. The van der Waals surface area contributed by atoms with Crippen molar-refractivity contribution in [1.29, 1.82) is 0 Å².